The van der Waals surface area contributed by atoms with Crippen LogP contribution in [0.5, 0.6) is 0 Å². The van der Waals surface area contributed by atoms with Crippen LogP contribution in [-0.2, 0) is 6.42 Å². The molecule has 112 valence electrons. The predicted molar refractivity (Wildman–Crippen MR) is 95.2 cm³/mol. The number of nitrogens with one attached hydrogen (secondary N) is 1. The van der Waals surface area contributed by atoms with Crippen molar-refractivity contribution in [2.75, 3.05) is 6.54 Å². The van der Waals surface area contributed by atoms with Gasteiger partial charge in [0.25, 0.3) is 0 Å². The van der Waals surface area contributed by atoms with Crippen LogP contribution in [0, 0.1) is 13.8 Å². The summed E-state index contributed by atoms with van der Waals surface area (Å²) in [6.45, 7) is 7.40. The van der Waals surface area contributed by atoms with Crippen molar-refractivity contribution < 1.29 is 0 Å². The van der Waals surface area contributed by atoms with Gasteiger partial charge in [0.15, 0.2) is 0 Å². The molecule has 0 heterocycles. The van der Waals surface area contributed by atoms with Crippen molar-refractivity contribution in [1.29, 1.82) is 0 Å². The van der Waals surface area contributed by atoms with Gasteiger partial charge in [0.1, 0.15) is 0 Å². The van der Waals surface area contributed by atoms with E-state index in [9.17, 15) is 0 Å². The molecule has 0 bridgehead atoms. The van der Waals surface area contributed by atoms with Crippen molar-refractivity contribution in [2.45, 2.75) is 33.2 Å². The molecule has 2 aromatic carbocycles. The maximum Gasteiger partial charge on any atom is 0.0548 e. The quantitative estimate of drug-likeness (QED) is 0.725. The van der Waals surface area contributed by atoms with E-state index in [0.717, 1.165) is 22.5 Å². The van der Waals surface area contributed by atoms with E-state index in [1.54, 1.807) is 0 Å². The molecule has 1 N–H and O–H groups in total. The van der Waals surface area contributed by atoms with Gasteiger partial charge in [-0.25, -0.2) is 0 Å². The summed E-state index contributed by atoms with van der Waals surface area (Å²) in [6.07, 6.45) is 0.982. The van der Waals surface area contributed by atoms with Crippen LogP contribution in [0.3, 0.4) is 0 Å². The Labute approximate surface area is 140 Å². The summed E-state index contributed by atoms with van der Waals surface area (Å²) in [7, 11) is 0. The fraction of sp³-hybridized carbons (Fsp3) is 0.333. The highest BCUT2D eigenvalue weighted by atomic mass is 79.9. The smallest absolute Gasteiger partial charge is 0.0548 e. The molecule has 0 saturated carbocycles. The van der Waals surface area contributed by atoms with Crippen LogP contribution in [-0.4, -0.2) is 6.54 Å². The molecule has 1 nitrogen and oxygen atoms in total. The lowest BCUT2D eigenvalue weighted by molar-refractivity contribution is 0.548. The number of aryl methyl sites for hydroxylation is 2. The fourth-order valence-corrected chi connectivity index (χ4v) is 3.04. The van der Waals surface area contributed by atoms with E-state index in [4.69, 9.17) is 11.6 Å². The highest BCUT2D eigenvalue weighted by Gasteiger charge is 2.14. The van der Waals surface area contributed by atoms with Crippen LogP contribution in [0.15, 0.2) is 40.9 Å². The van der Waals surface area contributed by atoms with E-state index in [-0.39, 0.29) is 0 Å². The molecule has 21 heavy (non-hydrogen) atoms. The predicted octanol–water partition coefficient (Wildman–Crippen LogP) is 5.61. The van der Waals surface area contributed by atoms with Crippen LogP contribution in [0.25, 0.3) is 0 Å². The first-order chi connectivity index (χ1) is 10.0. The first-order valence-corrected chi connectivity index (χ1v) is 8.42. The van der Waals surface area contributed by atoms with Crippen LogP contribution < -0.4 is 5.32 Å². The molecule has 3 heteroatoms. The van der Waals surface area contributed by atoms with Gasteiger partial charge < -0.3 is 5.32 Å². The molecule has 1 unspecified atom stereocenters. The normalized spacial score (nSPS) is 12.4. The zero-order valence-corrected chi connectivity index (χ0v) is 15.1. The fourth-order valence-electron chi connectivity index (χ4n) is 2.52. The summed E-state index contributed by atoms with van der Waals surface area (Å²) >= 11 is 9.62. The number of likely N-dealkylation sites (N-methyl/N-ethyl adjacent to an activating group) is 1. The van der Waals surface area contributed by atoms with Crippen molar-refractivity contribution in [3.63, 3.8) is 0 Å². The van der Waals surface area contributed by atoms with Crippen LogP contribution >= 0.6 is 27.5 Å². The minimum Gasteiger partial charge on any atom is -0.310 e. The van der Waals surface area contributed by atoms with E-state index in [1.807, 2.05) is 6.07 Å². The van der Waals surface area contributed by atoms with E-state index in [1.165, 1.54) is 22.3 Å². The SMILES string of the molecule is CCNC(Cc1cc(C)ccc1C)c1ccc(Cl)c(Br)c1. The summed E-state index contributed by atoms with van der Waals surface area (Å²) in [6, 6.07) is 13.1. The average Bonchev–Trinajstić information content (AvgIpc) is 2.45. The summed E-state index contributed by atoms with van der Waals surface area (Å²) < 4.78 is 0.950. The lowest BCUT2D eigenvalue weighted by Crippen LogP contribution is -2.23. The summed E-state index contributed by atoms with van der Waals surface area (Å²) in [5, 5.41) is 4.33. The second-order valence-corrected chi connectivity index (χ2v) is 6.68. The minimum absolute atomic E-state index is 0.295. The van der Waals surface area contributed by atoms with E-state index in [2.05, 4.69) is 72.3 Å². The second kappa shape index (κ2) is 7.44. The Morgan fingerprint density at radius 1 is 1.14 bits per heavy atom. The van der Waals surface area contributed by atoms with Gasteiger partial charge in [-0.1, -0.05) is 48.4 Å². The number of halogens is 2. The van der Waals surface area contributed by atoms with Gasteiger partial charge in [-0.05, 0) is 71.6 Å². The van der Waals surface area contributed by atoms with Crippen molar-refractivity contribution in [2.24, 2.45) is 0 Å². The topological polar surface area (TPSA) is 12.0 Å². The van der Waals surface area contributed by atoms with E-state index < -0.39 is 0 Å². The van der Waals surface area contributed by atoms with Gasteiger partial charge in [0.05, 0.1) is 5.02 Å². The second-order valence-electron chi connectivity index (χ2n) is 5.42. The van der Waals surface area contributed by atoms with Gasteiger partial charge in [-0.2, -0.15) is 0 Å². The van der Waals surface area contributed by atoms with E-state index >= 15 is 0 Å². The molecule has 1 atom stereocenters. The summed E-state index contributed by atoms with van der Waals surface area (Å²) in [4.78, 5) is 0. The molecule has 0 amide bonds. The first-order valence-electron chi connectivity index (χ1n) is 7.25. The standard InChI is InChI=1S/C18H21BrClN/c1-4-21-18(14-7-8-17(20)16(19)10-14)11-15-9-12(2)5-6-13(15)3/h5-10,18,21H,4,11H2,1-3H3. The van der Waals surface area contributed by atoms with Gasteiger partial charge in [0, 0.05) is 10.5 Å². The molecule has 0 saturated heterocycles. The van der Waals surface area contributed by atoms with Crippen LogP contribution in [0.2, 0.25) is 5.02 Å². The van der Waals surface area contributed by atoms with Crippen molar-refractivity contribution in [1.82, 2.24) is 5.32 Å². The third-order valence-corrected chi connectivity index (χ3v) is 4.94. The largest absolute Gasteiger partial charge is 0.310 e. The molecule has 2 aromatic rings. The maximum absolute atomic E-state index is 6.10. The molecule has 0 spiro atoms. The first kappa shape index (κ1) is 16.5. The molecule has 0 aliphatic carbocycles. The Balaban J connectivity index is 2.30. The number of hydrogen-bond donors (Lipinski definition) is 1. The minimum atomic E-state index is 0.295. The molecular weight excluding hydrogens is 346 g/mol. The van der Waals surface area contributed by atoms with Crippen molar-refractivity contribution in [3.8, 4) is 0 Å². The zero-order chi connectivity index (χ0) is 15.4. The van der Waals surface area contributed by atoms with Gasteiger partial charge >= 0.3 is 0 Å². The van der Waals surface area contributed by atoms with E-state index in [0.29, 0.717) is 6.04 Å². The monoisotopic (exact) mass is 365 g/mol. The number of hydrogen-bond acceptors (Lipinski definition) is 1. The molecule has 0 radical (unpaired) electrons. The number of benzene rings is 2. The summed E-state index contributed by atoms with van der Waals surface area (Å²) in [5.74, 6) is 0. The van der Waals surface area contributed by atoms with Crippen molar-refractivity contribution in [3.05, 3.63) is 68.1 Å². The molecular formula is C18H21BrClN. The number of rotatable bonds is 5. The molecule has 0 aliphatic heterocycles. The van der Waals surface area contributed by atoms with Crippen molar-refractivity contribution >= 4 is 27.5 Å². The lowest BCUT2D eigenvalue weighted by atomic mass is 9.95. The maximum atomic E-state index is 6.10. The summed E-state index contributed by atoms with van der Waals surface area (Å²) in [5.41, 5.74) is 5.31. The van der Waals surface area contributed by atoms with Crippen LogP contribution in [0.1, 0.15) is 35.2 Å². The highest BCUT2D eigenvalue weighted by Crippen LogP contribution is 2.28. The molecule has 2 rings (SSSR count). The van der Waals surface area contributed by atoms with Gasteiger partial charge in [0.2, 0.25) is 0 Å². The van der Waals surface area contributed by atoms with Crippen LogP contribution in [0.4, 0.5) is 0 Å². The molecule has 0 aliphatic rings. The Morgan fingerprint density at radius 2 is 1.90 bits per heavy atom. The van der Waals surface area contributed by atoms with Gasteiger partial charge in [-0.15, -0.1) is 0 Å². The zero-order valence-electron chi connectivity index (χ0n) is 12.7. The Bertz CT molecular complexity index is 625. The third kappa shape index (κ3) is 4.32. The highest BCUT2D eigenvalue weighted by molar-refractivity contribution is 9.10. The average molecular weight is 367 g/mol. The lowest BCUT2D eigenvalue weighted by Gasteiger charge is -2.20. The molecule has 0 aromatic heterocycles. The Morgan fingerprint density at radius 3 is 2.57 bits per heavy atom. The molecule has 0 fully saturated rings. The third-order valence-electron chi connectivity index (χ3n) is 3.73. The Hall–Kier alpha value is -0.830. The Kier molecular flexibility index (Phi) is 5.86. The van der Waals surface area contributed by atoms with Gasteiger partial charge in [-0.3, -0.25) is 0 Å².